The van der Waals surface area contributed by atoms with Crippen LogP contribution in [0, 0.1) is 6.92 Å². The van der Waals surface area contributed by atoms with Gasteiger partial charge in [0.25, 0.3) is 0 Å². The second kappa shape index (κ2) is 9.16. The van der Waals surface area contributed by atoms with Crippen LogP contribution in [-0.4, -0.2) is 19.0 Å². The number of ketones is 1. The molecule has 0 heterocycles. The number of carbonyl (C=O) groups excluding carboxylic acids is 1. The quantitative estimate of drug-likeness (QED) is 0.508. The number of Topliss-reactive ketones (excluding diaryl/α,β-unsaturated/α-hetero) is 1. The Kier molecular flexibility index (Phi) is 6.85. The lowest BCUT2D eigenvalue weighted by molar-refractivity contribution is 0.0940. The van der Waals surface area contributed by atoms with E-state index in [9.17, 15) is 4.79 Å². The minimum atomic E-state index is 0.197. The van der Waals surface area contributed by atoms with E-state index in [1.54, 1.807) is 0 Å². The largest absolute Gasteiger partial charge is 0.381 e. The Balaban J connectivity index is 1.59. The summed E-state index contributed by atoms with van der Waals surface area (Å²) in [6.45, 7) is 3.38. The smallest absolute Gasteiger partial charge is 0.162 e. The molecule has 116 valence electrons. The molecule has 0 fully saturated rings. The number of hydrogen-bond acceptors (Lipinski definition) is 2. The first kappa shape index (κ1) is 16.4. The number of aryl methyl sites for hydroxylation is 1. The van der Waals surface area contributed by atoms with Gasteiger partial charge in [0.1, 0.15) is 0 Å². The fourth-order valence-corrected chi connectivity index (χ4v) is 2.30. The molecule has 0 N–H and O–H groups in total. The third-order valence-electron chi connectivity index (χ3n) is 3.65. The van der Waals surface area contributed by atoms with E-state index in [4.69, 9.17) is 4.74 Å². The molecular weight excluding hydrogens is 272 g/mol. The number of allylic oxidation sites excluding steroid dienone is 5. The topological polar surface area (TPSA) is 26.3 Å². The average Bonchev–Trinajstić information content (AvgIpc) is 2.80. The Morgan fingerprint density at radius 1 is 1.14 bits per heavy atom. The Morgan fingerprint density at radius 3 is 2.77 bits per heavy atom. The molecule has 0 aliphatic heterocycles. The van der Waals surface area contributed by atoms with Gasteiger partial charge in [0.05, 0.1) is 6.61 Å². The van der Waals surface area contributed by atoms with E-state index in [-0.39, 0.29) is 5.78 Å². The summed E-state index contributed by atoms with van der Waals surface area (Å²) in [7, 11) is 0. The van der Waals surface area contributed by atoms with Crippen LogP contribution in [0.3, 0.4) is 0 Å². The van der Waals surface area contributed by atoms with Crippen LogP contribution in [0.15, 0.2) is 60.2 Å². The minimum Gasteiger partial charge on any atom is -0.381 e. The van der Waals surface area contributed by atoms with Gasteiger partial charge in [-0.1, -0.05) is 60.2 Å². The maximum atomic E-state index is 12.0. The Labute approximate surface area is 133 Å². The first-order chi connectivity index (χ1) is 10.8. The van der Waals surface area contributed by atoms with Gasteiger partial charge in [0.2, 0.25) is 0 Å². The molecule has 1 aromatic rings. The van der Waals surface area contributed by atoms with Crippen LogP contribution in [0.1, 0.15) is 41.6 Å². The monoisotopic (exact) mass is 296 g/mol. The molecule has 0 saturated heterocycles. The molecule has 1 aliphatic carbocycles. The predicted octanol–water partition coefficient (Wildman–Crippen LogP) is 4.81. The molecule has 0 radical (unpaired) electrons. The van der Waals surface area contributed by atoms with Crippen LogP contribution in [0.4, 0.5) is 0 Å². The molecule has 2 rings (SSSR count). The third-order valence-corrected chi connectivity index (χ3v) is 3.65. The molecule has 2 nitrogen and oxygen atoms in total. The van der Waals surface area contributed by atoms with Gasteiger partial charge in [-0.3, -0.25) is 4.79 Å². The Morgan fingerprint density at radius 2 is 1.95 bits per heavy atom. The SMILES string of the molecule is Cc1ccc(C(=O)CCCOCCC2=CC=CCC=C2)cc1. The van der Waals surface area contributed by atoms with E-state index in [1.807, 2.05) is 31.2 Å². The van der Waals surface area contributed by atoms with Crippen molar-refractivity contribution in [1.82, 2.24) is 0 Å². The van der Waals surface area contributed by atoms with Crippen LogP contribution in [0.2, 0.25) is 0 Å². The maximum absolute atomic E-state index is 12.0. The highest BCUT2D eigenvalue weighted by Gasteiger charge is 2.05. The number of rotatable bonds is 8. The van der Waals surface area contributed by atoms with E-state index in [0.29, 0.717) is 19.6 Å². The lowest BCUT2D eigenvalue weighted by Crippen LogP contribution is -2.03. The molecule has 0 bridgehead atoms. The standard InChI is InChI=1S/C20H24O2/c1-17-10-12-19(13-11-17)20(21)9-6-15-22-16-14-18-7-4-2-3-5-8-18/h2,4-5,7-8,10-13H,3,6,9,14-16H2,1H3. The average molecular weight is 296 g/mol. The summed E-state index contributed by atoms with van der Waals surface area (Å²) in [6.07, 6.45) is 13.9. The molecule has 0 spiro atoms. The number of hydrogen-bond donors (Lipinski definition) is 0. The van der Waals surface area contributed by atoms with Gasteiger partial charge in [-0.2, -0.15) is 0 Å². The maximum Gasteiger partial charge on any atom is 0.162 e. The van der Waals surface area contributed by atoms with Crippen LogP contribution >= 0.6 is 0 Å². The van der Waals surface area contributed by atoms with Crippen molar-refractivity contribution in [2.45, 2.75) is 32.6 Å². The summed E-state index contributed by atoms with van der Waals surface area (Å²) in [5, 5.41) is 0. The molecule has 0 unspecified atom stereocenters. The second-order valence-corrected chi connectivity index (χ2v) is 5.56. The summed E-state index contributed by atoms with van der Waals surface area (Å²) in [5.74, 6) is 0.197. The highest BCUT2D eigenvalue weighted by Crippen LogP contribution is 2.10. The van der Waals surface area contributed by atoms with Gasteiger partial charge in [0.15, 0.2) is 5.78 Å². The van der Waals surface area contributed by atoms with Crippen molar-refractivity contribution < 1.29 is 9.53 Å². The van der Waals surface area contributed by atoms with Gasteiger partial charge in [-0.05, 0) is 31.8 Å². The van der Waals surface area contributed by atoms with Gasteiger partial charge in [0, 0.05) is 18.6 Å². The fraction of sp³-hybridized carbons (Fsp3) is 0.350. The zero-order valence-corrected chi connectivity index (χ0v) is 13.3. The molecule has 1 aliphatic rings. The van der Waals surface area contributed by atoms with Crippen molar-refractivity contribution in [2.75, 3.05) is 13.2 Å². The van der Waals surface area contributed by atoms with Crippen molar-refractivity contribution in [3.8, 4) is 0 Å². The van der Waals surface area contributed by atoms with Gasteiger partial charge in [-0.25, -0.2) is 0 Å². The van der Waals surface area contributed by atoms with Gasteiger partial charge >= 0.3 is 0 Å². The van der Waals surface area contributed by atoms with E-state index in [2.05, 4.69) is 30.4 Å². The molecule has 0 amide bonds. The van der Waals surface area contributed by atoms with E-state index in [1.165, 1.54) is 11.1 Å². The van der Waals surface area contributed by atoms with E-state index < -0.39 is 0 Å². The summed E-state index contributed by atoms with van der Waals surface area (Å²) in [6, 6.07) is 7.76. The van der Waals surface area contributed by atoms with Crippen LogP contribution < -0.4 is 0 Å². The zero-order chi connectivity index (χ0) is 15.6. The van der Waals surface area contributed by atoms with Crippen molar-refractivity contribution in [3.05, 3.63) is 71.3 Å². The minimum absolute atomic E-state index is 0.197. The number of benzene rings is 1. The van der Waals surface area contributed by atoms with E-state index >= 15 is 0 Å². The van der Waals surface area contributed by atoms with Crippen molar-refractivity contribution >= 4 is 5.78 Å². The van der Waals surface area contributed by atoms with Crippen LogP contribution in [-0.2, 0) is 4.74 Å². The summed E-state index contributed by atoms with van der Waals surface area (Å²) in [4.78, 5) is 12.0. The van der Waals surface area contributed by atoms with Gasteiger partial charge in [-0.15, -0.1) is 0 Å². The summed E-state index contributed by atoms with van der Waals surface area (Å²) >= 11 is 0. The Bertz CT molecular complexity index is 562. The summed E-state index contributed by atoms with van der Waals surface area (Å²) < 4.78 is 5.63. The second-order valence-electron chi connectivity index (χ2n) is 5.56. The van der Waals surface area contributed by atoms with Crippen molar-refractivity contribution in [1.29, 1.82) is 0 Å². The molecule has 0 saturated carbocycles. The lowest BCUT2D eigenvalue weighted by atomic mass is 10.1. The van der Waals surface area contributed by atoms with Crippen LogP contribution in [0.25, 0.3) is 0 Å². The highest BCUT2D eigenvalue weighted by atomic mass is 16.5. The van der Waals surface area contributed by atoms with Crippen molar-refractivity contribution in [3.63, 3.8) is 0 Å². The normalized spacial score (nSPS) is 13.8. The predicted molar refractivity (Wildman–Crippen MR) is 91.2 cm³/mol. The highest BCUT2D eigenvalue weighted by molar-refractivity contribution is 5.96. The lowest BCUT2D eigenvalue weighted by Gasteiger charge is -2.05. The molecule has 1 aromatic carbocycles. The van der Waals surface area contributed by atoms with Gasteiger partial charge < -0.3 is 4.74 Å². The van der Waals surface area contributed by atoms with E-state index in [0.717, 1.165) is 24.8 Å². The first-order valence-electron chi connectivity index (χ1n) is 7.95. The molecule has 0 aromatic heterocycles. The zero-order valence-electron chi connectivity index (χ0n) is 13.3. The molecule has 0 atom stereocenters. The number of ether oxygens (including phenoxy) is 1. The fourth-order valence-electron chi connectivity index (χ4n) is 2.30. The molecule has 2 heteroatoms. The molecule has 22 heavy (non-hydrogen) atoms. The number of carbonyl (C=O) groups is 1. The van der Waals surface area contributed by atoms with Crippen molar-refractivity contribution in [2.24, 2.45) is 0 Å². The third kappa shape index (κ3) is 5.82. The first-order valence-corrected chi connectivity index (χ1v) is 7.95. The summed E-state index contributed by atoms with van der Waals surface area (Å²) in [5.41, 5.74) is 3.27. The Hall–Kier alpha value is -1.93. The van der Waals surface area contributed by atoms with Crippen LogP contribution in [0.5, 0.6) is 0 Å². The molecular formula is C20H24O2.